The van der Waals surface area contributed by atoms with E-state index in [0.717, 1.165) is 43.4 Å². The van der Waals surface area contributed by atoms with E-state index in [4.69, 9.17) is 9.47 Å². The number of guanidine groups is 1. The molecule has 1 saturated carbocycles. The molecule has 2 rings (SSSR count). The molecule has 0 atom stereocenters. The van der Waals surface area contributed by atoms with Gasteiger partial charge in [-0.05, 0) is 43.9 Å². The van der Waals surface area contributed by atoms with E-state index in [1.54, 1.807) is 7.11 Å². The van der Waals surface area contributed by atoms with Crippen LogP contribution in [0.4, 0.5) is 0 Å². The van der Waals surface area contributed by atoms with E-state index in [0.29, 0.717) is 12.6 Å². The molecule has 0 amide bonds. The van der Waals surface area contributed by atoms with Crippen LogP contribution in [0.3, 0.4) is 0 Å². The predicted molar refractivity (Wildman–Crippen MR) is 103 cm³/mol. The molecule has 5 nitrogen and oxygen atoms in total. The minimum absolute atomic E-state index is 0.490. The summed E-state index contributed by atoms with van der Waals surface area (Å²) in [7, 11) is 1.68. The maximum atomic E-state index is 5.97. The third-order valence-electron chi connectivity index (χ3n) is 4.42. The van der Waals surface area contributed by atoms with Crippen LogP contribution < -0.4 is 15.4 Å². The molecule has 1 fully saturated rings. The number of benzene rings is 1. The fourth-order valence-electron chi connectivity index (χ4n) is 3.04. The Morgan fingerprint density at radius 2 is 2.04 bits per heavy atom. The Bertz CT molecular complexity index is 513. The van der Waals surface area contributed by atoms with Crippen molar-refractivity contribution in [2.75, 3.05) is 26.8 Å². The van der Waals surface area contributed by atoms with Gasteiger partial charge in [-0.25, -0.2) is 4.99 Å². The van der Waals surface area contributed by atoms with Gasteiger partial charge in [-0.15, -0.1) is 0 Å². The van der Waals surface area contributed by atoms with E-state index in [-0.39, 0.29) is 0 Å². The summed E-state index contributed by atoms with van der Waals surface area (Å²) >= 11 is 0. The summed E-state index contributed by atoms with van der Waals surface area (Å²) in [5, 5.41) is 6.67. The molecule has 0 heterocycles. The predicted octanol–water partition coefficient (Wildman–Crippen LogP) is 3.49. The van der Waals surface area contributed by atoms with Gasteiger partial charge in [-0.2, -0.15) is 0 Å². The first-order valence-electron chi connectivity index (χ1n) is 9.58. The van der Waals surface area contributed by atoms with Crippen LogP contribution in [0, 0.1) is 0 Å². The van der Waals surface area contributed by atoms with Crippen LogP contribution in [-0.2, 0) is 11.3 Å². The molecular formula is C20H33N3O2. The molecule has 5 heteroatoms. The molecule has 1 aromatic carbocycles. The lowest BCUT2D eigenvalue weighted by Crippen LogP contribution is -2.38. The second kappa shape index (κ2) is 11.7. The molecule has 0 aromatic heterocycles. The number of nitrogens with one attached hydrogen (secondary N) is 2. The highest BCUT2D eigenvalue weighted by Gasteiger charge is 2.12. The lowest BCUT2D eigenvalue weighted by molar-refractivity contribution is 0.0277. The van der Waals surface area contributed by atoms with E-state index in [1.807, 2.05) is 18.2 Å². The lowest BCUT2D eigenvalue weighted by Gasteiger charge is -2.22. The summed E-state index contributed by atoms with van der Waals surface area (Å²) in [6.07, 6.45) is 7.98. The number of hydrogen-bond donors (Lipinski definition) is 2. The highest BCUT2D eigenvalue weighted by atomic mass is 16.5. The normalized spacial score (nSPS) is 15.8. The molecule has 0 saturated heterocycles. The third-order valence-corrected chi connectivity index (χ3v) is 4.42. The number of hydrogen-bond acceptors (Lipinski definition) is 3. The number of methoxy groups -OCH3 is 1. The first-order valence-corrected chi connectivity index (χ1v) is 9.58. The lowest BCUT2D eigenvalue weighted by atomic mass is 9.98. The molecule has 140 valence electrons. The van der Waals surface area contributed by atoms with Crippen molar-refractivity contribution >= 4 is 5.96 Å². The quantitative estimate of drug-likeness (QED) is 0.408. The summed E-state index contributed by atoms with van der Waals surface area (Å²) in [6, 6.07) is 8.02. The van der Waals surface area contributed by atoms with Crippen molar-refractivity contribution in [1.82, 2.24) is 10.6 Å². The van der Waals surface area contributed by atoms with E-state index in [1.165, 1.54) is 32.1 Å². The van der Waals surface area contributed by atoms with Crippen molar-refractivity contribution in [3.05, 3.63) is 29.8 Å². The molecular weight excluding hydrogens is 314 g/mol. The van der Waals surface area contributed by atoms with E-state index in [2.05, 4.69) is 28.6 Å². The van der Waals surface area contributed by atoms with Gasteiger partial charge >= 0.3 is 0 Å². The van der Waals surface area contributed by atoms with Gasteiger partial charge < -0.3 is 20.1 Å². The SMILES string of the molecule is CCNC(=NCc1cccc(OC)c1)NCCCOC1CCCCC1. The van der Waals surface area contributed by atoms with Crippen LogP contribution in [0.25, 0.3) is 0 Å². The van der Waals surface area contributed by atoms with Gasteiger partial charge in [0.1, 0.15) is 5.75 Å². The Morgan fingerprint density at radius 1 is 1.20 bits per heavy atom. The maximum Gasteiger partial charge on any atom is 0.191 e. The number of ether oxygens (including phenoxy) is 2. The van der Waals surface area contributed by atoms with Crippen LogP contribution >= 0.6 is 0 Å². The Kier molecular flexibility index (Phi) is 9.19. The topological polar surface area (TPSA) is 54.9 Å². The zero-order valence-corrected chi connectivity index (χ0v) is 15.7. The summed E-state index contributed by atoms with van der Waals surface area (Å²) in [6.45, 7) is 5.26. The van der Waals surface area contributed by atoms with Gasteiger partial charge in [0.2, 0.25) is 0 Å². The summed E-state index contributed by atoms with van der Waals surface area (Å²) in [5.41, 5.74) is 1.14. The van der Waals surface area contributed by atoms with Crippen LogP contribution in [0.2, 0.25) is 0 Å². The largest absolute Gasteiger partial charge is 0.497 e. The van der Waals surface area contributed by atoms with Crippen molar-refractivity contribution in [2.24, 2.45) is 4.99 Å². The highest BCUT2D eigenvalue weighted by Crippen LogP contribution is 2.20. The molecule has 0 unspecified atom stereocenters. The van der Waals surface area contributed by atoms with E-state index in [9.17, 15) is 0 Å². The second-order valence-corrected chi connectivity index (χ2v) is 6.46. The van der Waals surface area contributed by atoms with Gasteiger partial charge in [0.05, 0.1) is 19.8 Å². The monoisotopic (exact) mass is 347 g/mol. The Hall–Kier alpha value is -1.75. The van der Waals surface area contributed by atoms with Crippen LogP contribution in [0.15, 0.2) is 29.3 Å². The van der Waals surface area contributed by atoms with Crippen molar-refractivity contribution in [3.63, 3.8) is 0 Å². The van der Waals surface area contributed by atoms with Gasteiger partial charge in [0, 0.05) is 19.7 Å². The molecule has 0 bridgehead atoms. The first-order chi connectivity index (χ1) is 12.3. The van der Waals surface area contributed by atoms with Crippen molar-refractivity contribution in [2.45, 2.75) is 58.1 Å². The first kappa shape index (κ1) is 19.6. The van der Waals surface area contributed by atoms with Crippen molar-refractivity contribution in [3.8, 4) is 5.75 Å². The molecule has 2 N–H and O–H groups in total. The maximum absolute atomic E-state index is 5.97. The molecule has 1 aromatic rings. The van der Waals surface area contributed by atoms with Crippen molar-refractivity contribution < 1.29 is 9.47 Å². The average Bonchev–Trinajstić information content (AvgIpc) is 2.66. The average molecular weight is 348 g/mol. The van der Waals surface area contributed by atoms with Crippen LogP contribution in [0.5, 0.6) is 5.75 Å². The van der Waals surface area contributed by atoms with Crippen molar-refractivity contribution in [1.29, 1.82) is 0 Å². The Morgan fingerprint density at radius 3 is 2.80 bits per heavy atom. The van der Waals surface area contributed by atoms with Gasteiger partial charge in [-0.3, -0.25) is 0 Å². The number of rotatable bonds is 9. The van der Waals surface area contributed by atoms with Crippen LogP contribution in [0.1, 0.15) is 51.0 Å². The second-order valence-electron chi connectivity index (χ2n) is 6.46. The molecule has 1 aliphatic carbocycles. The van der Waals surface area contributed by atoms with Gasteiger partial charge in [0.15, 0.2) is 5.96 Å². The van der Waals surface area contributed by atoms with E-state index < -0.39 is 0 Å². The van der Waals surface area contributed by atoms with Crippen LogP contribution in [-0.4, -0.2) is 38.9 Å². The fourth-order valence-corrected chi connectivity index (χ4v) is 3.04. The van der Waals surface area contributed by atoms with Gasteiger partial charge in [0.25, 0.3) is 0 Å². The molecule has 0 radical (unpaired) electrons. The molecule has 0 spiro atoms. The Labute approximate surface area is 152 Å². The molecule has 25 heavy (non-hydrogen) atoms. The van der Waals surface area contributed by atoms with E-state index >= 15 is 0 Å². The highest BCUT2D eigenvalue weighted by molar-refractivity contribution is 5.79. The zero-order chi connectivity index (χ0) is 17.7. The summed E-state index contributed by atoms with van der Waals surface area (Å²) < 4.78 is 11.2. The summed E-state index contributed by atoms with van der Waals surface area (Å²) in [4.78, 5) is 4.64. The number of nitrogens with zero attached hydrogens (tertiary/aromatic N) is 1. The zero-order valence-electron chi connectivity index (χ0n) is 15.7. The number of aliphatic imine (C=N–C) groups is 1. The van der Waals surface area contributed by atoms with Gasteiger partial charge in [-0.1, -0.05) is 31.4 Å². The minimum Gasteiger partial charge on any atom is -0.497 e. The molecule has 0 aliphatic heterocycles. The summed E-state index contributed by atoms with van der Waals surface area (Å²) in [5.74, 6) is 1.72. The molecule has 1 aliphatic rings. The Balaban J connectivity index is 1.69. The smallest absolute Gasteiger partial charge is 0.191 e. The fraction of sp³-hybridized carbons (Fsp3) is 0.650. The standard InChI is InChI=1S/C20H33N3O2/c1-3-21-20(23-16-17-9-7-12-19(15-17)24-2)22-13-8-14-25-18-10-5-4-6-11-18/h7,9,12,15,18H,3-6,8,10-11,13-14,16H2,1-2H3,(H2,21,22,23). The minimum atomic E-state index is 0.490. The third kappa shape index (κ3) is 7.78.